The molecule has 0 spiro atoms. The maximum absolute atomic E-state index is 4.29. The zero-order chi connectivity index (χ0) is 17.5. The van der Waals surface area contributed by atoms with Gasteiger partial charge in [0.25, 0.3) is 0 Å². The van der Waals surface area contributed by atoms with Crippen molar-refractivity contribution in [2.24, 2.45) is 10.9 Å². The summed E-state index contributed by atoms with van der Waals surface area (Å²) in [5.74, 6) is 2.58. The smallest absolute Gasteiger partial charge is 0.191 e. The average molecular weight is 471 g/mol. The number of hydrogen-bond donors (Lipinski definition) is 2. The lowest BCUT2D eigenvalue weighted by Crippen LogP contribution is -2.39. The number of piperidine rings is 1. The Kier molecular flexibility index (Phi) is 8.56. The van der Waals surface area contributed by atoms with E-state index in [1.54, 1.807) is 7.05 Å². The van der Waals surface area contributed by atoms with Crippen molar-refractivity contribution in [3.8, 4) is 0 Å². The summed E-state index contributed by atoms with van der Waals surface area (Å²) in [7, 11) is 1.79. The quantitative estimate of drug-likeness (QED) is 0.293. The van der Waals surface area contributed by atoms with E-state index in [9.17, 15) is 0 Å². The van der Waals surface area contributed by atoms with Crippen LogP contribution in [0.1, 0.15) is 32.0 Å². The minimum absolute atomic E-state index is 0. The third kappa shape index (κ3) is 5.80. The van der Waals surface area contributed by atoms with Gasteiger partial charge in [-0.05, 0) is 56.9 Å². The molecule has 2 aromatic rings. The van der Waals surface area contributed by atoms with Gasteiger partial charge in [0.15, 0.2) is 17.4 Å². The van der Waals surface area contributed by atoms with Crippen molar-refractivity contribution in [2.75, 3.05) is 33.2 Å². The van der Waals surface area contributed by atoms with Gasteiger partial charge in [-0.15, -0.1) is 34.2 Å². The minimum Gasteiger partial charge on any atom is -0.356 e. The average Bonchev–Trinajstić information content (AvgIpc) is 3.06. The lowest BCUT2D eigenvalue weighted by molar-refractivity contribution is 0.191. The molecule has 3 rings (SSSR count). The molecule has 144 valence electrons. The minimum atomic E-state index is 0. The summed E-state index contributed by atoms with van der Waals surface area (Å²) in [5, 5.41) is 15.1. The van der Waals surface area contributed by atoms with E-state index in [4.69, 9.17) is 0 Å². The SMILES string of the molecule is CN=C(NCCCN1CCC(C)CC1)NCc1nnc2ccccn12.I. The molecule has 1 aliphatic rings. The maximum Gasteiger partial charge on any atom is 0.191 e. The van der Waals surface area contributed by atoms with Crippen LogP contribution in [0, 0.1) is 5.92 Å². The number of aliphatic imine (C=N–C) groups is 1. The largest absolute Gasteiger partial charge is 0.356 e. The van der Waals surface area contributed by atoms with Gasteiger partial charge < -0.3 is 15.5 Å². The third-order valence-electron chi connectivity index (χ3n) is 4.84. The number of pyridine rings is 1. The Balaban J connectivity index is 0.00000243. The van der Waals surface area contributed by atoms with Crippen LogP contribution in [0.5, 0.6) is 0 Å². The van der Waals surface area contributed by atoms with Gasteiger partial charge in [0, 0.05) is 19.8 Å². The zero-order valence-corrected chi connectivity index (χ0v) is 18.0. The van der Waals surface area contributed by atoms with Crippen LogP contribution >= 0.6 is 24.0 Å². The third-order valence-corrected chi connectivity index (χ3v) is 4.84. The second-order valence-corrected chi connectivity index (χ2v) is 6.78. The number of guanidine groups is 1. The van der Waals surface area contributed by atoms with E-state index in [1.165, 1.54) is 25.9 Å². The molecule has 8 heteroatoms. The van der Waals surface area contributed by atoms with E-state index >= 15 is 0 Å². The van der Waals surface area contributed by atoms with Crippen LogP contribution in [-0.4, -0.2) is 58.7 Å². The van der Waals surface area contributed by atoms with E-state index in [0.717, 1.165) is 42.9 Å². The van der Waals surface area contributed by atoms with E-state index in [2.05, 4.69) is 37.6 Å². The Labute approximate surface area is 172 Å². The summed E-state index contributed by atoms with van der Waals surface area (Å²) in [6.45, 7) is 7.52. The summed E-state index contributed by atoms with van der Waals surface area (Å²) >= 11 is 0. The monoisotopic (exact) mass is 471 g/mol. The van der Waals surface area contributed by atoms with Gasteiger partial charge >= 0.3 is 0 Å². The van der Waals surface area contributed by atoms with Gasteiger partial charge in [-0.1, -0.05) is 13.0 Å². The van der Waals surface area contributed by atoms with Crippen molar-refractivity contribution in [2.45, 2.75) is 32.7 Å². The summed E-state index contributed by atoms with van der Waals surface area (Å²) in [6.07, 6.45) is 5.77. The van der Waals surface area contributed by atoms with Crippen molar-refractivity contribution >= 4 is 35.6 Å². The second-order valence-electron chi connectivity index (χ2n) is 6.78. The normalized spacial score (nSPS) is 16.5. The maximum atomic E-state index is 4.29. The molecule has 3 heterocycles. The first-order valence-electron chi connectivity index (χ1n) is 9.22. The van der Waals surface area contributed by atoms with Crippen molar-refractivity contribution in [3.05, 3.63) is 30.2 Å². The van der Waals surface area contributed by atoms with E-state index in [0.29, 0.717) is 6.54 Å². The molecule has 1 saturated heterocycles. The molecule has 7 nitrogen and oxygen atoms in total. The number of aromatic nitrogens is 3. The number of hydrogen-bond acceptors (Lipinski definition) is 4. The molecule has 26 heavy (non-hydrogen) atoms. The summed E-state index contributed by atoms with van der Waals surface area (Å²) in [6, 6.07) is 5.89. The summed E-state index contributed by atoms with van der Waals surface area (Å²) < 4.78 is 1.98. The van der Waals surface area contributed by atoms with Crippen LogP contribution in [0.3, 0.4) is 0 Å². The highest BCUT2D eigenvalue weighted by atomic mass is 127. The van der Waals surface area contributed by atoms with Gasteiger partial charge in [-0.25, -0.2) is 0 Å². The number of rotatable bonds is 6. The fourth-order valence-electron chi connectivity index (χ4n) is 3.19. The molecule has 0 radical (unpaired) electrons. The fourth-order valence-corrected chi connectivity index (χ4v) is 3.19. The highest BCUT2D eigenvalue weighted by molar-refractivity contribution is 14.0. The van der Waals surface area contributed by atoms with Crippen LogP contribution in [0.2, 0.25) is 0 Å². The molecular weight excluding hydrogens is 441 g/mol. The van der Waals surface area contributed by atoms with Gasteiger partial charge in [0.05, 0.1) is 6.54 Å². The number of nitrogens with zero attached hydrogens (tertiary/aromatic N) is 5. The molecule has 0 bridgehead atoms. The predicted octanol–water partition coefficient (Wildman–Crippen LogP) is 2.13. The van der Waals surface area contributed by atoms with Crippen molar-refractivity contribution in [1.82, 2.24) is 30.1 Å². The molecule has 0 aromatic carbocycles. The van der Waals surface area contributed by atoms with E-state index in [1.807, 2.05) is 28.8 Å². The molecule has 1 aliphatic heterocycles. The Hall–Kier alpha value is -1.42. The number of halogens is 1. The van der Waals surface area contributed by atoms with Gasteiger partial charge in [0.2, 0.25) is 0 Å². The van der Waals surface area contributed by atoms with Crippen LogP contribution in [0.25, 0.3) is 5.65 Å². The van der Waals surface area contributed by atoms with Crippen molar-refractivity contribution in [1.29, 1.82) is 0 Å². The second kappa shape index (κ2) is 10.7. The molecule has 0 saturated carbocycles. The molecule has 1 fully saturated rings. The Morgan fingerprint density at radius 2 is 2.04 bits per heavy atom. The van der Waals surface area contributed by atoms with E-state index < -0.39 is 0 Å². The predicted molar refractivity (Wildman–Crippen MR) is 116 cm³/mol. The Morgan fingerprint density at radius 1 is 1.23 bits per heavy atom. The number of nitrogens with one attached hydrogen (secondary N) is 2. The standard InChI is InChI=1S/C18H29N7.HI/c1-15-7-12-24(13-8-15)10-5-9-20-18(19-2)21-14-17-23-22-16-6-3-4-11-25(16)17;/h3-4,6,11,15H,5,7-10,12-14H2,1-2H3,(H2,19,20,21);1H. The highest BCUT2D eigenvalue weighted by Gasteiger charge is 2.14. The Bertz CT molecular complexity index is 692. The molecule has 2 N–H and O–H groups in total. The van der Waals surface area contributed by atoms with Crippen LogP contribution < -0.4 is 10.6 Å². The molecular formula is C18H30IN7. The first-order chi connectivity index (χ1) is 12.3. The molecule has 0 unspecified atom stereocenters. The fraction of sp³-hybridized carbons (Fsp3) is 0.611. The Morgan fingerprint density at radius 3 is 2.81 bits per heavy atom. The first kappa shape index (κ1) is 20.9. The van der Waals surface area contributed by atoms with Crippen LogP contribution in [-0.2, 0) is 6.54 Å². The first-order valence-corrected chi connectivity index (χ1v) is 9.22. The van der Waals surface area contributed by atoms with E-state index in [-0.39, 0.29) is 24.0 Å². The summed E-state index contributed by atoms with van der Waals surface area (Å²) in [5.41, 5.74) is 0.859. The molecule has 0 aliphatic carbocycles. The van der Waals surface area contributed by atoms with Crippen molar-refractivity contribution in [3.63, 3.8) is 0 Å². The lowest BCUT2D eigenvalue weighted by atomic mass is 9.99. The van der Waals surface area contributed by atoms with Crippen LogP contribution in [0.15, 0.2) is 29.4 Å². The van der Waals surface area contributed by atoms with Crippen LogP contribution in [0.4, 0.5) is 0 Å². The highest BCUT2D eigenvalue weighted by Crippen LogP contribution is 2.15. The zero-order valence-electron chi connectivity index (χ0n) is 15.7. The molecule has 2 aromatic heterocycles. The van der Waals surface area contributed by atoms with Gasteiger partial charge in [-0.3, -0.25) is 9.39 Å². The lowest BCUT2D eigenvalue weighted by Gasteiger charge is -2.30. The number of fused-ring (bicyclic) bond motifs is 1. The van der Waals surface area contributed by atoms with Gasteiger partial charge in [0.1, 0.15) is 0 Å². The molecule has 0 atom stereocenters. The van der Waals surface area contributed by atoms with Crippen molar-refractivity contribution < 1.29 is 0 Å². The number of likely N-dealkylation sites (tertiary alicyclic amines) is 1. The van der Waals surface area contributed by atoms with Gasteiger partial charge in [-0.2, -0.15) is 0 Å². The topological polar surface area (TPSA) is 69.8 Å². The summed E-state index contributed by atoms with van der Waals surface area (Å²) in [4.78, 5) is 6.85. The molecule has 0 amide bonds.